The molecule has 2 rings (SSSR count). The highest BCUT2D eigenvalue weighted by Crippen LogP contribution is 2.11. The molecule has 112 valence electrons. The lowest BCUT2D eigenvalue weighted by Crippen LogP contribution is -2.41. The largest absolute Gasteiger partial charge is 0.480 e. The summed E-state index contributed by atoms with van der Waals surface area (Å²) in [6.07, 6.45) is 3.47. The summed E-state index contributed by atoms with van der Waals surface area (Å²) in [5.41, 5.74) is 1.45. The Balaban J connectivity index is 2.25. The van der Waals surface area contributed by atoms with E-state index in [0.29, 0.717) is 12.1 Å². The first-order valence-corrected chi connectivity index (χ1v) is 6.73. The number of carboxylic acid groups (broad SMARTS) is 1. The highest BCUT2D eigenvalue weighted by Gasteiger charge is 2.23. The van der Waals surface area contributed by atoms with E-state index in [2.05, 4.69) is 15.4 Å². The lowest BCUT2D eigenvalue weighted by Gasteiger charge is -2.15. The van der Waals surface area contributed by atoms with E-state index < -0.39 is 17.9 Å². The van der Waals surface area contributed by atoms with Crippen LogP contribution in [0.25, 0.3) is 5.65 Å². The van der Waals surface area contributed by atoms with Crippen LogP contribution < -0.4 is 5.32 Å². The van der Waals surface area contributed by atoms with Gasteiger partial charge in [0.2, 0.25) is 0 Å². The van der Waals surface area contributed by atoms with Crippen molar-refractivity contribution in [3.05, 3.63) is 29.7 Å². The number of carbonyl (C=O) groups is 2. The topological polar surface area (TPSA) is 96.6 Å². The summed E-state index contributed by atoms with van der Waals surface area (Å²) in [5.74, 6) is -1.36. The van der Waals surface area contributed by atoms with E-state index in [-0.39, 0.29) is 11.5 Å². The van der Waals surface area contributed by atoms with Crippen LogP contribution in [-0.4, -0.2) is 37.6 Å². The van der Waals surface area contributed by atoms with Crippen molar-refractivity contribution in [3.8, 4) is 0 Å². The molecule has 0 saturated heterocycles. The second-order valence-electron chi connectivity index (χ2n) is 5.39. The van der Waals surface area contributed by atoms with E-state index in [1.807, 2.05) is 20.8 Å². The Hall–Kier alpha value is -2.44. The highest BCUT2D eigenvalue weighted by atomic mass is 16.4. The van der Waals surface area contributed by atoms with Crippen LogP contribution in [0, 0.1) is 12.8 Å². The molecular weight excluding hydrogens is 272 g/mol. The number of hydrogen-bond donors (Lipinski definition) is 2. The van der Waals surface area contributed by atoms with Gasteiger partial charge < -0.3 is 10.4 Å². The Morgan fingerprint density at radius 3 is 2.76 bits per heavy atom. The van der Waals surface area contributed by atoms with Gasteiger partial charge in [0.1, 0.15) is 11.6 Å². The number of amides is 1. The quantitative estimate of drug-likeness (QED) is 0.864. The number of hydrogen-bond acceptors (Lipinski definition) is 4. The minimum Gasteiger partial charge on any atom is -0.480 e. The second kappa shape index (κ2) is 5.90. The number of nitrogens with zero attached hydrogens (tertiary/aromatic N) is 3. The van der Waals surface area contributed by atoms with Gasteiger partial charge in [0.15, 0.2) is 5.65 Å². The highest BCUT2D eigenvalue weighted by molar-refractivity contribution is 6.01. The lowest BCUT2D eigenvalue weighted by molar-refractivity contribution is -0.139. The maximum atomic E-state index is 12.3. The average Bonchev–Trinajstić information content (AvgIpc) is 2.80. The van der Waals surface area contributed by atoms with Gasteiger partial charge in [-0.05, 0) is 25.3 Å². The second-order valence-corrected chi connectivity index (χ2v) is 5.39. The van der Waals surface area contributed by atoms with E-state index in [9.17, 15) is 14.7 Å². The molecule has 0 aliphatic carbocycles. The first-order chi connectivity index (χ1) is 9.88. The number of nitrogens with one attached hydrogen (secondary N) is 1. The van der Waals surface area contributed by atoms with Crippen LogP contribution in [0.15, 0.2) is 18.5 Å². The molecule has 0 saturated carbocycles. The first kappa shape index (κ1) is 15.0. The van der Waals surface area contributed by atoms with Gasteiger partial charge in [0, 0.05) is 11.9 Å². The Bertz CT molecular complexity index is 678. The number of carboxylic acids is 1. The van der Waals surface area contributed by atoms with E-state index in [1.165, 1.54) is 10.7 Å². The van der Waals surface area contributed by atoms with Crippen LogP contribution in [0.3, 0.4) is 0 Å². The number of rotatable bonds is 5. The predicted octanol–water partition coefficient (Wildman–Crippen LogP) is 1.27. The zero-order valence-electron chi connectivity index (χ0n) is 12.2. The molecule has 1 atom stereocenters. The van der Waals surface area contributed by atoms with E-state index >= 15 is 0 Å². The number of fused-ring (bicyclic) bond motifs is 1. The molecule has 0 spiro atoms. The summed E-state index contributed by atoms with van der Waals surface area (Å²) in [5, 5.41) is 15.7. The standard InChI is InChI=1S/C14H18N4O3/c1-8(2)6-11(14(20)21)17-13(19)10-7-15-18-5-4-9(3)16-12(10)18/h4-5,7-8,11H,6H2,1-3H3,(H,17,19)(H,20,21)/t11-/m1/s1. The molecule has 0 bridgehead atoms. The molecule has 0 radical (unpaired) electrons. The summed E-state index contributed by atoms with van der Waals surface area (Å²) >= 11 is 0. The number of carbonyl (C=O) groups excluding carboxylic acids is 1. The molecule has 0 aliphatic heterocycles. The van der Waals surface area contributed by atoms with Crippen molar-refractivity contribution in [1.29, 1.82) is 0 Å². The summed E-state index contributed by atoms with van der Waals surface area (Å²) in [6.45, 7) is 5.62. The fourth-order valence-corrected chi connectivity index (χ4v) is 2.05. The molecule has 2 aromatic heterocycles. The Morgan fingerprint density at radius 2 is 2.14 bits per heavy atom. The van der Waals surface area contributed by atoms with Gasteiger partial charge in [-0.1, -0.05) is 13.8 Å². The molecule has 0 aliphatic rings. The molecule has 0 aromatic carbocycles. The number of aliphatic carboxylic acids is 1. The van der Waals surface area contributed by atoms with Gasteiger partial charge >= 0.3 is 5.97 Å². The minimum atomic E-state index is -1.04. The number of aryl methyl sites for hydroxylation is 1. The van der Waals surface area contributed by atoms with Gasteiger partial charge in [-0.3, -0.25) is 4.79 Å². The van der Waals surface area contributed by atoms with E-state index in [4.69, 9.17) is 0 Å². The fourth-order valence-electron chi connectivity index (χ4n) is 2.05. The SMILES string of the molecule is Cc1ccn2ncc(C(=O)N[C@H](CC(C)C)C(=O)O)c2n1. The van der Waals surface area contributed by atoms with Crippen LogP contribution in [0.4, 0.5) is 0 Å². The van der Waals surface area contributed by atoms with Gasteiger partial charge in [-0.2, -0.15) is 5.10 Å². The summed E-state index contributed by atoms with van der Waals surface area (Å²) in [4.78, 5) is 27.7. The average molecular weight is 290 g/mol. The van der Waals surface area contributed by atoms with Crippen LogP contribution in [0.1, 0.15) is 36.3 Å². The lowest BCUT2D eigenvalue weighted by atomic mass is 10.0. The van der Waals surface area contributed by atoms with Crippen molar-refractivity contribution in [1.82, 2.24) is 19.9 Å². The summed E-state index contributed by atoms with van der Waals surface area (Å²) in [7, 11) is 0. The summed E-state index contributed by atoms with van der Waals surface area (Å²) < 4.78 is 1.49. The van der Waals surface area contributed by atoms with Gasteiger partial charge in [-0.15, -0.1) is 0 Å². The third kappa shape index (κ3) is 3.36. The molecule has 2 N–H and O–H groups in total. The Morgan fingerprint density at radius 1 is 1.43 bits per heavy atom. The van der Waals surface area contributed by atoms with Crippen molar-refractivity contribution >= 4 is 17.5 Å². The van der Waals surface area contributed by atoms with Crippen molar-refractivity contribution in [3.63, 3.8) is 0 Å². The van der Waals surface area contributed by atoms with Crippen molar-refractivity contribution < 1.29 is 14.7 Å². The van der Waals surface area contributed by atoms with Gasteiger partial charge in [0.25, 0.3) is 5.91 Å². The molecular formula is C14H18N4O3. The third-order valence-electron chi connectivity index (χ3n) is 3.06. The van der Waals surface area contributed by atoms with Crippen molar-refractivity contribution in [2.75, 3.05) is 0 Å². The zero-order chi connectivity index (χ0) is 15.6. The smallest absolute Gasteiger partial charge is 0.326 e. The van der Waals surface area contributed by atoms with Crippen LogP contribution in [0.5, 0.6) is 0 Å². The van der Waals surface area contributed by atoms with Gasteiger partial charge in [0.05, 0.1) is 6.20 Å². The monoisotopic (exact) mass is 290 g/mol. The third-order valence-corrected chi connectivity index (χ3v) is 3.06. The zero-order valence-corrected chi connectivity index (χ0v) is 12.2. The minimum absolute atomic E-state index is 0.163. The first-order valence-electron chi connectivity index (χ1n) is 6.73. The van der Waals surface area contributed by atoms with E-state index in [0.717, 1.165) is 5.69 Å². The predicted molar refractivity (Wildman–Crippen MR) is 76.1 cm³/mol. The van der Waals surface area contributed by atoms with Crippen molar-refractivity contribution in [2.45, 2.75) is 33.2 Å². The molecule has 0 fully saturated rings. The van der Waals surface area contributed by atoms with Crippen LogP contribution in [-0.2, 0) is 4.79 Å². The van der Waals surface area contributed by atoms with E-state index in [1.54, 1.807) is 12.3 Å². The molecule has 0 unspecified atom stereocenters. The normalized spacial score (nSPS) is 12.6. The van der Waals surface area contributed by atoms with Crippen molar-refractivity contribution in [2.24, 2.45) is 5.92 Å². The fraction of sp³-hybridized carbons (Fsp3) is 0.429. The molecule has 21 heavy (non-hydrogen) atoms. The molecule has 1 amide bonds. The Kier molecular flexibility index (Phi) is 4.21. The molecule has 7 heteroatoms. The molecule has 7 nitrogen and oxygen atoms in total. The summed E-state index contributed by atoms with van der Waals surface area (Å²) in [6, 6.07) is 0.859. The Labute approximate surface area is 122 Å². The van der Waals surface area contributed by atoms with Crippen LogP contribution >= 0.6 is 0 Å². The van der Waals surface area contributed by atoms with Crippen LogP contribution in [0.2, 0.25) is 0 Å². The molecule has 2 heterocycles. The maximum absolute atomic E-state index is 12.3. The maximum Gasteiger partial charge on any atom is 0.326 e. The van der Waals surface area contributed by atoms with Gasteiger partial charge in [-0.25, -0.2) is 14.3 Å². The molecule has 2 aromatic rings. The number of aromatic nitrogens is 3.